The quantitative estimate of drug-likeness (QED) is 0.598. The fraction of sp³-hybridized carbons (Fsp3) is 0.500. The monoisotopic (exact) mass is 292 g/mol. The van der Waals surface area contributed by atoms with E-state index in [-0.39, 0.29) is 11.3 Å². The summed E-state index contributed by atoms with van der Waals surface area (Å²) in [5.74, 6) is -0.656. The maximum atomic E-state index is 11.2. The molecule has 7 heteroatoms. The molecule has 1 aliphatic heterocycles. The van der Waals surface area contributed by atoms with E-state index in [0.29, 0.717) is 18.2 Å². The zero-order valence-electron chi connectivity index (χ0n) is 12.0. The van der Waals surface area contributed by atoms with Crippen LogP contribution in [-0.2, 0) is 6.54 Å². The predicted molar refractivity (Wildman–Crippen MR) is 79.0 cm³/mol. The number of carbonyl (C=O) groups is 1. The van der Waals surface area contributed by atoms with Gasteiger partial charge in [-0.1, -0.05) is 13.0 Å². The predicted octanol–water partition coefficient (Wildman–Crippen LogP) is 0.877. The van der Waals surface area contributed by atoms with Gasteiger partial charge in [0.05, 0.1) is 4.92 Å². The second-order valence-electron chi connectivity index (χ2n) is 5.17. The lowest BCUT2D eigenvalue weighted by Gasteiger charge is -2.26. The van der Waals surface area contributed by atoms with Crippen molar-refractivity contribution in [2.45, 2.75) is 25.9 Å². The molecule has 1 aromatic carbocycles. The molecule has 0 radical (unpaired) electrons. The third-order valence-corrected chi connectivity index (χ3v) is 3.90. The first-order chi connectivity index (χ1) is 10.0. The largest absolute Gasteiger partial charge is 0.366 e. The molecule has 1 heterocycles. The Morgan fingerprint density at radius 3 is 2.86 bits per heavy atom. The van der Waals surface area contributed by atoms with Gasteiger partial charge in [-0.25, -0.2) is 0 Å². The van der Waals surface area contributed by atoms with Crippen LogP contribution in [0.1, 0.15) is 29.3 Å². The standard InChI is InChI=1S/C14H20N4O3/c1-2-17(12-5-6-16-8-12)9-11-4-3-10(14(15)19)7-13(11)18(20)21/h3-4,7,12,16H,2,5-6,8-9H2,1H3,(H2,15,19). The van der Waals surface area contributed by atoms with E-state index in [1.165, 1.54) is 6.07 Å². The number of likely N-dealkylation sites (N-methyl/N-ethyl adjacent to an activating group) is 1. The van der Waals surface area contributed by atoms with Gasteiger partial charge in [-0.3, -0.25) is 19.8 Å². The number of carbonyl (C=O) groups excluding carboxylic acids is 1. The van der Waals surface area contributed by atoms with Gasteiger partial charge in [0.15, 0.2) is 0 Å². The number of nitro benzene ring substituents is 1. The number of nitrogens with two attached hydrogens (primary N) is 1. The Kier molecular flexibility index (Phi) is 4.87. The van der Waals surface area contributed by atoms with Crippen LogP contribution in [0.4, 0.5) is 5.69 Å². The van der Waals surface area contributed by atoms with Crippen LogP contribution in [0.3, 0.4) is 0 Å². The van der Waals surface area contributed by atoms with Gasteiger partial charge >= 0.3 is 0 Å². The molecule has 0 spiro atoms. The average molecular weight is 292 g/mol. The van der Waals surface area contributed by atoms with Gasteiger partial charge in [0.1, 0.15) is 0 Å². The molecular formula is C14H20N4O3. The summed E-state index contributed by atoms with van der Waals surface area (Å²) in [6.45, 7) is 5.24. The van der Waals surface area contributed by atoms with Gasteiger partial charge < -0.3 is 11.1 Å². The molecule has 1 fully saturated rings. The molecule has 7 nitrogen and oxygen atoms in total. The van der Waals surface area contributed by atoms with Gasteiger partial charge in [-0.15, -0.1) is 0 Å². The van der Waals surface area contributed by atoms with E-state index >= 15 is 0 Å². The van der Waals surface area contributed by atoms with Gasteiger partial charge in [0.2, 0.25) is 5.91 Å². The van der Waals surface area contributed by atoms with Gasteiger partial charge in [0, 0.05) is 36.3 Å². The lowest BCUT2D eigenvalue weighted by atomic mass is 10.1. The number of rotatable bonds is 6. The minimum Gasteiger partial charge on any atom is -0.366 e. The van der Waals surface area contributed by atoms with Crippen molar-refractivity contribution in [3.8, 4) is 0 Å². The highest BCUT2D eigenvalue weighted by Crippen LogP contribution is 2.23. The molecule has 1 aliphatic rings. The molecule has 2 rings (SSSR count). The van der Waals surface area contributed by atoms with Crippen molar-refractivity contribution < 1.29 is 9.72 Å². The lowest BCUT2D eigenvalue weighted by Crippen LogP contribution is -2.36. The van der Waals surface area contributed by atoms with E-state index in [0.717, 1.165) is 26.1 Å². The van der Waals surface area contributed by atoms with Crippen molar-refractivity contribution in [2.24, 2.45) is 5.73 Å². The van der Waals surface area contributed by atoms with Crippen LogP contribution in [-0.4, -0.2) is 41.4 Å². The molecule has 1 saturated heterocycles. The summed E-state index contributed by atoms with van der Waals surface area (Å²) < 4.78 is 0. The first kappa shape index (κ1) is 15.4. The Bertz CT molecular complexity index is 541. The Morgan fingerprint density at radius 2 is 2.33 bits per heavy atom. The summed E-state index contributed by atoms with van der Waals surface area (Å²) in [5, 5.41) is 14.5. The fourth-order valence-electron chi connectivity index (χ4n) is 2.69. The van der Waals surface area contributed by atoms with E-state index in [4.69, 9.17) is 5.73 Å². The summed E-state index contributed by atoms with van der Waals surface area (Å²) in [7, 11) is 0. The maximum Gasteiger partial charge on any atom is 0.274 e. The number of primary amides is 1. The molecule has 0 aliphatic carbocycles. The third kappa shape index (κ3) is 3.56. The second-order valence-corrected chi connectivity index (χ2v) is 5.17. The van der Waals surface area contributed by atoms with Crippen molar-refractivity contribution in [3.05, 3.63) is 39.4 Å². The van der Waals surface area contributed by atoms with Crippen molar-refractivity contribution >= 4 is 11.6 Å². The summed E-state index contributed by atoms with van der Waals surface area (Å²) in [4.78, 5) is 24.1. The van der Waals surface area contributed by atoms with E-state index in [9.17, 15) is 14.9 Å². The SMILES string of the molecule is CCN(Cc1ccc(C(N)=O)cc1[N+](=O)[O-])C1CCNC1. The fourth-order valence-corrected chi connectivity index (χ4v) is 2.69. The lowest BCUT2D eigenvalue weighted by molar-refractivity contribution is -0.385. The molecule has 0 saturated carbocycles. The molecule has 0 bridgehead atoms. The minimum atomic E-state index is -0.656. The smallest absolute Gasteiger partial charge is 0.274 e. The number of nitrogens with zero attached hydrogens (tertiary/aromatic N) is 2. The minimum absolute atomic E-state index is 0.0456. The number of amides is 1. The molecule has 21 heavy (non-hydrogen) atoms. The number of benzene rings is 1. The van der Waals surface area contributed by atoms with Crippen molar-refractivity contribution in [2.75, 3.05) is 19.6 Å². The molecule has 1 unspecified atom stereocenters. The Balaban J connectivity index is 2.25. The van der Waals surface area contributed by atoms with E-state index in [2.05, 4.69) is 10.2 Å². The number of nitrogens with one attached hydrogen (secondary N) is 1. The Morgan fingerprint density at radius 1 is 1.57 bits per heavy atom. The van der Waals surface area contributed by atoms with Crippen molar-refractivity contribution in [1.29, 1.82) is 0 Å². The molecule has 3 N–H and O–H groups in total. The van der Waals surface area contributed by atoms with Gasteiger partial charge in [-0.05, 0) is 25.6 Å². The normalized spacial score (nSPS) is 18.1. The van der Waals surface area contributed by atoms with Crippen LogP contribution in [0.15, 0.2) is 18.2 Å². The summed E-state index contributed by atoms with van der Waals surface area (Å²) in [5.41, 5.74) is 5.91. The molecule has 1 aromatic rings. The first-order valence-corrected chi connectivity index (χ1v) is 7.04. The number of hydrogen-bond donors (Lipinski definition) is 2. The molecule has 0 aromatic heterocycles. The van der Waals surface area contributed by atoms with Crippen LogP contribution in [0.25, 0.3) is 0 Å². The molecule has 1 amide bonds. The zero-order valence-corrected chi connectivity index (χ0v) is 12.0. The van der Waals surface area contributed by atoms with Gasteiger partial charge in [-0.2, -0.15) is 0 Å². The van der Waals surface area contributed by atoms with Crippen LogP contribution < -0.4 is 11.1 Å². The number of nitro groups is 1. The highest BCUT2D eigenvalue weighted by atomic mass is 16.6. The molecular weight excluding hydrogens is 272 g/mol. The summed E-state index contributed by atoms with van der Waals surface area (Å²) in [6.07, 6.45) is 1.04. The van der Waals surface area contributed by atoms with Gasteiger partial charge in [0.25, 0.3) is 5.69 Å². The van der Waals surface area contributed by atoms with Crippen LogP contribution in [0.5, 0.6) is 0 Å². The van der Waals surface area contributed by atoms with E-state index in [1.807, 2.05) is 6.92 Å². The van der Waals surface area contributed by atoms with Crippen molar-refractivity contribution in [3.63, 3.8) is 0 Å². The summed E-state index contributed by atoms with van der Waals surface area (Å²) in [6, 6.07) is 4.83. The highest BCUT2D eigenvalue weighted by Gasteiger charge is 2.24. The maximum absolute atomic E-state index is 11.2. The van der Waals surface area contributed by atoms with E-state index < -0.39 is 10.8 Å². The Hall–Kier alpha value is -1.99. The molecule has 1 atom stereocenters. The third-order valence-electron chi connectivity index (χ3n) is 3.90. The second kappa shape index (κ2) is 6.64. The van der Waals surface area contributed by atoms with Crippen LogP contribution in [0, 0.1) is 10.1 Å². The van der Waals surface area contributed by atoms with Crippen LogP contribution in [0.2, 0.25) is 0 Å². The average Bonchev–Trinajstić information content (AvgIpc) is 2.98. The zero-order chi connectivity index (χ0) is 15.4. The van der Waals surface area contributed by atoms with Crippen molar-refractivity contribution in [1.82, 2.24) is 10.2 Å². The summed E-state index contributed by atoms with van der Waals surface area (Å²) >= 11 is 0. The Labute approximate surface area is 123 Å². The highest BCUT2D eigenvalue weighted by molar-refractivity contribution is 5.93. The van der Waals surface area contributed by atoms with E-state index in [1.54, 1.807) is 12.1 Å². The number of hydrogen-bond acceptors (Lipinski definition) is 5. The topological polar surface area (TPSA) is 102 Å². The van der Waals surface area contributed by atoms with Crippen LogP contribution >= 0.6 is 0 Å². The first-order valence-electron chi connectivity index (χ1n) is 7.04. The molecule has 114 valence electrons.